The summed E-state index contributed by atoms with van der Waals surface area (Å²) in [7, 11) is 0. The predicted octanol–water partition coefficient (Wildman–Crippen LogP) is 0.897. The van der Waals surface area contributed by atoms with Crippen molar-refractivity contribution in [2.75, 3.05) is 32.7 Å². The summed E-state index contributed by atoms with van der Waals surface area (Å²) < 4.78 is 0. The molecule has 0 aromatic carbocycles. The Morgan fingerprint density at radius 3 is 2.20 bits per heavy atom. The fraction of sp³-hybridized carbons (Fsp3) is 0.867. The van der Waals surface area contributed by atoms with Crippen LogP contribution in [0.15, 0.2) is 0 Å². The summed E-state index contributed by atoms with van der Waals surface area (Å²) >= 11 is 0. The highest BCUT2D eigenvalue weighted by Gasteiger charge is 2.54. The molecule has 5 heteroatoms. The van der Waals surface area contributed by atoms with Crippen LogP contribution in [0.1, 0.15) is 26.2 Å². The molecule has 0 aromatic rings. The van der Waals surface area contributed by atoms with Gasteiger partial charge in [-0.1, -0.05) is 6.92 Å². The van der Waals surface area contributed by atoms with Crippen molar-refractivity contribution in [3.05, 3.63) is 0 Å². The van der Waals surface area contributed by atoms with Crippen LogP contribution in [0.3, 0.4) is 0 Å². The van der Waals surface area contributed by atoms with Gasteiger partial charge in [-0.05, 0) is 37.6 Å². The monoisotopic (exact) mass is 280 g/mol. The second-order valence-electron chi connectivity index (χ2n) is 6.48. The van der Waals surface area contributed by atoms with Crippen molar-refractivity contribution < 1.29 is 14.7 Å². The van der Waals surface area contributed by atoms with Gasteiger partial charge in [-0.2, -0.15) is 0 Å². The Morgan fingerprint density at radius 1 is 1.05 bits per heavy atom. The lowest BCUT2D eigenvalue weighted by Crippen LogP contribution is -2.52. The Morgan fingerprint density at radius 2 is 1.65 bits per heavy atom. The van der Waals surface area contributed by atoms with E-state index in [1.165, 1.54) is 0 Å². The molecule has 0 radical (unpaired) electrons. The fourth-order valence-corrected chi connectivity index (χ4v) is 4.50. The predicted molar refractivity (Wildman–Crippen MR) is 74.1 cm³/mol. The molecule has 3 aliphatic rings. The lowest BCUT2D eigenvalue weighted by Gasteiger charge is -2.38. The third-order valence-corrected chi connectivity index (χ3v) is 5.62. The van der Waals surface area contributed by atoms with Gasteiger partial charge < -0.3 is 14.9 Å². The second kappa shape index (κ2) is 5.35. The minimum Gasteiger partial charge on any atom is -0.481 e. The minimum atomic E-state index is -0.761. The third-order valence-electron chi connectivity index (χ3n) is 5.62. The van der Waals surface area contributed by atoms with Crippen LogP contribution < -0.4 is 0 Å². The van der Waals surface area contributed by atoms with Gasteiger partial charge in [0.1, 0.15) is 0 Å². The number of carbonyl (C=O) groups is 2. The van der Waals surface area contributed by atoms with Crippen molar-refractivity contribution in [2.45, 2.75) is 26.2 Å². The molecule has 0 unspecified atom stereocenters. The quantitative estimate of drug-likeness (QED) is 0.834. The molecule has 2 saturated carbocycles. The molecule has 1 amide bonds. The van der Waals surface area contributed by atoms with Crippen molar-refractivity contribution in [1.29, 1.82) is 0 Å². The number of hydrogen-bond donors (Lipinski definition) is 1. The number of carbonyl (C=O) groups excluding carboxylic acids is 1. The summed E-state index contributed by atoms with van der Waals surface area (Å²) in [6, 6.07) is 0. The van der Waals surface area contributed by atoms with E-state index in [4.69, 9.17) is 0 Å². The van der Waals surface area contributed by atoms with Gasteiger partial charge in [0.2, 0.25) is 5.91 Å². The van der Waals surface area contributed by atoms with Crippen molar-refractivity contribution in [2.24, 2.45) is 23.7 Å². The van der Waals surface area contributed by atoms with Crippen LogP contribution in [0, 0.1) is 23.7 Å². The van der Waals surface area contributed by atoms with Crippen LogP contribution in [0.4, 0.5) is 0 Å². The van der Waals surface area contributed by atoms with Crippen LogP contribution in [0.25, 0.3) is 0 Å². The molecule has 4 atom stereocenters. The van der Waals surface area contributed by atoms with E-state index in [1.807, 2.05) is 4.90 Å². The molecule has 1 heterocycles. The molecule has 3 rings (SSSR count). The van der Waals surface area contributed by atoms with E-state index in [-0.39, 0.29) is 17.7 Å². The highest BCUT2D eigenvalue weighted by molar-refractivity contribution is 5.86. The van der Waals surface area contributed by atoms with Gasteiger partial charge in [-0.15, -0.1) is 0 Å². The number of carboxylic acid groups (broad SMARTS) is 1. The number of likely N-dealkylation sites (N-methyl/N-ethyl adjacent to an activating group) is 1. The molecule has 20 heavy (non-hydrogen) atoms. The van der Waals surface area contributed by atoms with Crippen LogP contribution in [-0.4, -0.2) is 59.5 Å². The Kier molecular flexibility index (Phi) is 3.71. The number of carboxylic acids is 1. The average molecular weight is 280 g/mol. The van der Waals surface area contributed by atoms with E-state index >= 15 is 0 Å². The molecule has 3 fully saturated rings. The molecular weight excluding hydrogens is 256 g/mol. The number of amides is 1. The van der Waals surface area contributed by atoms with Crippen molar-refractivity contribution >= 4 is 11.9 Å². The normalized spacial score (nSPS) is 37.4. The maximum Gasteiger partial charge on any atom is 0.307 e. The van der Waals surface area contributed by atoms with Gasteiger partial charge in [0.25, 0.3) is 0 Å². The number of piperazine rings is 1. The third kappa shape index (κ3) is 2.22. The van der Waals surface area contributed by atoms with E-state index in [2.05, 4.69) is 11.8 Å². The molecule has 5 nitrogen and oxygen atoms in total. The van der Waals surface area contributed by atoms with Gasteiger partial charge in [-0.25, -0.2) is 0 Å². The number of nitrogens with zero attached hydrogens (tertiary/aromatic N) is 2. The first-order valence-corrected chi connectivity index (χ1v) is 7.85. The zero-order valence-corrected chi connectivity index (χ0v) is 12.1. The second-order valence-corrected chi connectivity index (χ2v) is 6.48. The van der Waals surface area contributed by atoms with E-state index < -0.39 is 11.9 Å². The Hall–Kier alpha value is -1.10. The molecule has 1 N–H and O–H groups in total. The molecular formula is C15H24N2O3. The number of hydrogen-bond acceptors (Lipinski definition) is 3. The lowest BCUT2D eigenvalue weighted by molar-refractivity contribution is -0.153. The largest absolute Gasteiger partial charge is 0.481 e. The van der Waals surface area contributed by atoms with E-state index in [0.29, 0.717) is 5.92 Å². The van der Waals surface area contributed by atoms with E-state index in [1.54, 1.807) is 0 Å². The Bertz CT molecular complexity index is 404. The zero-order valence-electron chi connectivity index (χ0n) is 12.1. The van der Waals surface area contributed by atoms with Crippen LogP contribution >= 0.6 is 0 Å². The smallest absolute Gasteiger partial charge is 0.307 e. The zero-order chi connectivity index (χ0) is 14.3. The van der Waals surface area contributed by atoms with Gasteiger partial charge in [0, 0.05) is 26.2 Å². The first-order valence-electron chi connectivity index (χ1n) is 7.85. The van der Waals surface area contributed by atoms with Crippen LogP contribution in [0.2, 0.25) is 0 Å². The van der Waals surface area contributed by atoms with Gasteiger partial charge >= 0.3 is 5.97 Å². The molecule has 1 aliphatic heterocycles. The molecule has 2 bridgehead atoms. The topological polar surface area (TPSA) is 60.9 Å². The summed E-state index contributed by atoms with van der Waals surface area (Å²) in [5.74, 6) is -0.769. The molecule has 1 saturated heterocycles. The lowest BCUT2D eigenvalue weighted by atomic mass is 9.78. The highest BCUT2D eigenvalue weighted by Crippen LogP contribution is 2.52. The Balaban J connectivity index is 1.69. The number of rotatable bonds is 3. The van der Waals surface area contributed by atoms with Crippen molar-refractivity contribution in [3.8, 4) is 0 Å². The summed E-state index contributed by atoms with van der Waals surface area (Å²) in [5.41, 5.74) is 0. The molecule has 2 aliphatic carbocycles. The number of aliphatic carboxylic acids is 1. The standard InChI is InChI=1S/C15H24N2O3/c1-2-16-5-7-17(8-6-16)14(18)12-10-3-4-11(9-10)13(12)15(19)20/h10-13H,2-9H2,1H3,(H,19,20)/t10-,11-,12-,13+/m0/s1. The maximum atomic E-state index is 12.7. The first-order chi connectivity index (χ1) is 9.61. The van der Waals surface area contributed by atoms with Gasteiger partial charge in [0.05, 0.1) is 11.8 Å². The van der Waals surface area contributed by atoms with Gasteiger partial charge in [0.15, 0.2) is 0 Å². The SMILES string of the molecule is CCN1CCN(C(=O)[C@H]2[C@H]3CC[C@@H](C3)[C@H]2C(=O)O)CC1. The maximum absolute atomic E-state index is 12.7. The molecule has 112 valence electrons. The minimum absolute atomic E-state index is 0.111. The van der Waals surface area contributed by atoms with Crippen LogP contribution in [-0.2, 0) is 9.59 Å². The molecule has 0 aromatic heterocycles. The summed E-state index contributed by atoms with van der Waals surface area (Å²) in [6.07, 6.45) is 2.98. The summed E-state index contributed by atoms with van der Waals surface area (Å²) in [6.45, 7) is 6.50. The summed E-state index contributed by atoms with van der Waals surface area (Å²) in [5, 5.41) is 9.45. The first kappa shape index (κ1) is 13.9. The summed E-state index contributed by atoms with van der Waals surface area (Å²) in [4.78, 5) is 28.5. The van der Waals surface area contributed by atoms with Crippen molar-refractivity contribution in [1.82, 2.24) is 9.80 Å². The van der Waals surface area contributed by atoms with E-state index in [0.717, 1.165) is 52.0 Å². The average Bonchev–Trinajstić information content (AvgIpc) is 3.07. The van der Waals surface area contributed by atoms with Crippen LogP contribution in [0.5, 0.6) is 0 Å². The highest BCUT2D eigenvalue weighted by atomic mass is 16.4. The Labute approximate surface area is 119 Å². The van der Waals surface area contributed by atoms with Gasteiger partial charge in [-0.3, -0.25) is 9.59 Å². The van der Waals surface area contributed by atoms with E-state index in [9.17, 15) is 14.7 Å². The fourth-order valence-electron chi connectivity index (χ4n) is 4.50. The van der Waals surface area contributed by atoms with Crippen molar-refractivity contribution in [3.63, 3.8) is 0 Å². The number of fused-ring (bicyclic) bond motifs is 2. The molecule has 0 spiro atoms.